The number of hydrogen-bond acceptors (Lipinski definition) is 5. The Balaban J connectivity index is 0.000000172. The van der Waals surface area contributed by atoms with Crippen LogP contribution in [0.2, 0.25) is 0 Å². The number of carbonyl (C=O) groups excluding carboxylic acids is 2. The van der Waals surface area contributed by atoms with Gasteiger partial charge in [-0.3, -0.25) is 9.59 Å². The van der Waals surface area contributed by atoms with Crippen molar-refractivity contribution in [2.75, 3.05) is 30.5 Å². The number of aryl methyl sites for hydroxylation is 2. The van der Waals surface area contributed by atoms with Crippen LogP contribution in [-0.2, 0) is 27.2 Å². The highest BCUT2D eigenvalue weighted by molar-refractivity contribution is 9.10. The standard InChI is InChI=1S/C15H18BrNO3.C9H8BrNO2/c16-12-6-11-3-4-14(18)17-15(11)13(7-12)20-9-10-2-1-5-19-8-10;10-6-3-5-1-2-8(13)11-9(5)7(12)4-6/h6-7,10H,1-5,8-9H2,(H,17,18);3-4,12H,1-2H2,(H,11,13). The van der Waals surface area contributed by atoms with Crippen LogP contribution in [0.25, 0.3) is 0 Å². The van der Waals surface area contributed by atoms with Gasteiger partial charge in [0.1, 0.15) is 11.5 Å². The van der Waals surface area contributed by atoms with E-state index in [4.69, 9.17) is 9.47 Å². The molecule has 0 radical (unpaired) electrons. The quantitative estimate of drug-likeness (QED) is 0.434. The smallest absolute Gasteiger partial charge is 0.224 e. The maximum absolute atomic E-state index is 11.6. The van der Waals surface area contributed by atoms with Crippen molar-refractivity contribution in [3.05, 3.63) is 44.3 Å². The fourth-order valence-corrected chi connectivity index (χ4v) is 5.10. The molecule has 33 heavy (non-hydrogen) atoms. The van der Waals surface area contributed by atoms with Gasteiger partial charge in [-0.2, -0.15) is 0 Å². The lowest BCUT2D eigenvalue weighted by molar-refractivity contribution is -0.117. The molecule has 9 heteroatoms. The first-order chi connectivity index (χ1) is 15.9. The maximum atomic E-state index is 11.6. The first-order valence-corrected chi connectivity index (χ1v) is 12.6. The molecule has 5 rings (SSSR count). The van der Waals surface area contributed by atoms with Gasteiger partial charge in [-0.05, 0) is 61.1 Å². The Kier molecular flexibility index (Phi) is 7.93. The molecule has 7 nitrogen and oxygen atoms in total. The summed E-state index contributed by atoms with van der Waals surface area (Å²) in [6.07, 6.45) is 4.73. The third-order valence-corrected chi connectivity index (χ3v) is 6.73. The predicted octanol–water partition coefficient (Wildman–Crippen LogP) is 5.18. The summed E-state index contributed by atoms with van der Waals surface area (Å²) in [5.74, 6) is 1.35. The normalized spacial score (nSPS) is 19.3. The summed E-state index contributed by atoms with van der Waals surface area (Å²) in [6, 6.07) is 7.46. The van der Waals surface area contributed by atoms with Gasteiger partial charge in [-0.1, -0.05) is 31.9 Å². The number of amides is 2. The molecule has 1 atom stereocenters. The lowest BCUT2D eigenvalue weighted by atomic mass is 10.0. The van der Waals surface area contributed by atoms with Crippen LogP contribution in [0.4, 0.5) is 11.4 Å². The minimum Gasteiger partial charge on any atom is -0.506 e. The van der Waals surface area contributed by atoms with E-state index in [0.717, 1.165) is 64.0 Å². The second-order valence-corrected chi connectivity index (χ2v) is 10.2. The van der Waals surface area contributed by atoms with E-state index in [9.17, 15) is 14.7 Å². The molecular weight excluding hydrogens is 556 g/mol. The first-order valence-electron chi connectivity index (χ1n) is 11.0. The van der Waals surface area contributed by atoms with Gasteiger partial charge in [0.15, 0.2) is 0 Å². The average molecular weight is 582 g/mol. The van der Waals surface area contributed by atoms with Crippen LogP contribution in [-0.4, -0.2) is 36.7 Å². The number of halogens is 2. The van der Waals surface area contributed by atoms with E-state index in [2.05, 4.69) is 42.5 Å². The van der Waals surface area contributed by atoms with E-state index in [1.165, 1.54) is 0 Å². The summed E-state index contributed by atoms with van der Waals surface area (Å²) >= 11 is 6.79. The number of carbonyl (C=O) groups is 2. The van der Waals surface area contributed by atoms with Crippen molar-refractivity contribution >= 4 is 55.0 Å². The zero-order valence-electron chi connectivity index (χ0n) is 18.1. The Labute approximate surface area is 209 Å². The molecule has 0 saturated carbocycles. The van der Waals surface area contributed by atoms with E-state index in [1.807, 2.05) is 18.2 Å². The van der Waals surface area contributed by atoms with Crippen LogP contribution in [0.5, 0.6) is 11.5 Å². The highest BCUT2D eigenvalue weighted by Crippen LogP contribution is 2.37. The van der Waals surface area contributed by atoms with Gasteiger partial charge in [-0.15, -0.1) is 0 Å². The third-order valence-electron chi connectivity index (χ3n) is 5.81. The molecule has 1 fully saturated rings. The van der Waals surface area contributed by atoms with Gasteiger partial charge in [-0.25, -0.2) is 0 Å². The van der Waals surface area contributed by atoms with Crippen molar-refractivity contribution in [1.82, 2.24) is 0 Å². The zero-order chi connectivity index (χ0) is 23.4. The van der Waals surface area contributed by atoms with Crippen LogP contribution in [0.1, 0.15) is 36.8 Å². The maximum Gasteiger partial charge on any atom is 0.224 e. The van der Waals surface area contributed by atoms with Crippen molar-refractivity contribution in [2.24, 2.45) is 5.92 Å². The van der Waals surface area contributed by atoms with Gasteiger partial charge in [0.25, 0.3) is 0 Å². The number of nitrogens with one attached hydrogen (secondary N) is 2. The Hall–Kier alpha value is -2.10. The summed E-state index contributed by atoms with van der Waals surface area (Å²) in [5.41, 5.74) is 3.50. The summed E-state index contributed by atoms with van der Waals surface area (Å²) in [7, 11) is 0. The minimum absolute atomic E-state index is 0.0369. The molecule has 2 aromatic rings. The summed E-state index contributed by atoms with van der Waals surface area (Å²) < 4.78 is 13.2. The summed E-state index contributed by atoms with van der Waals surface area (Å²) in [6.45, 7) is 2.26. The topological polar surface area (TPSA) is 96.9 Å². The number of phenolic OH excluding ortho intramolecular Hbond substituents is 1. The van der Waals surface area contributed by atoms with Gasteiger partial charge in [0, 0.05) is 34.3 Å². The van der Waals surface area contributed by atoms with Gasteiger partial charge < -0.3 is 25.2 Å². The number of phenols is 1. The van der Waals surface area contributed by atoms with Crippen LogP contribution < -0.4 is 15.4 Å². The molecule has 0 aromatic heterocycles. The minimum atomic E-state index is -0.0369. The number of benzene rings is 2. The molecule has 2 aromatic carbocycles. The highest BCUT2D eigenvalue weighted by Gasteiger charge is 2.21. The van der Waals surface area contributed by atoms with Crippen LogP contribution in [0.15, 0.2) is 33.2 Å². The number of ether oxygens (including phenoxy) is 2. The fourth-order valence-electron chi connectivity index (χ4n) is 4.12. The van der Waals surface area contributed by atoms with Crippen molar-refractivity contribution in [3.63, 3.8) is 0 Å². The SMILES string of the molecule is O=C1CCc2cc(Br)cc(O)c2N1.O=C1CCc2cc(Br)cc(OCC3CCCOC3)c2N1. The molecule has 1 unspecified atom stereocenters. The fraction of sp³-hybridized carbons (Fsp3) is 0.417. The largest absolute Gasteiger partial charge is 0.506 e. The van der Waals surface area contributed by atoms with E-state index >= 15 is 0 Å². The molecule has 176 valence electrons. The van der Waals surface area contributed by atoms with E-state index in [-0.39, 0.29) is 17.6 Å². The van der Waals surface area contributed by atoms with Crippen molar-refractivity contribution in [2.45, 2.75) is 38.5 Å². The number of fused-ring (bicyclic) bond motifs is 2. The van der Waals surface area contributed by atoms with Crippen molar-refractivity contribution < 1.29 is 24.2 Å². The summed E-state index contributed by atoms with van der Waals surface area (Å²) in [5, 5.41) is 15.1. The van der Waals surface area contributed by atoms with E-state index in [0.29, 0.717) is 37.5 Å². The monoisotopic (exact) mass is 580 g/mol. The van der Waals surface area contributed by atoms with Gasteiger partial charge in [0.05, 0.1) is 24.6 Å². The number of anilines is 2. The third kappa shape index (κ3) is 6.28. The highest BCUT2D eigenvalue weighted by atomic mass is 79.9. The Morgan fingerprint density at radius 2 is 1.58 bits per heavy atom. The zero-order valence-corrected chi connectivity index (χ0v) is 21.3. The van der Waals surface area contributed by atoms with Crippen LogP contribution >= 0.6 is 31.9 Å². The average Bonchev–Trinajstić information content (AvgIpc) is 2.79. The van der Waals surface area contributed by atoms with Crippen molar-refractivity contribution in [1.29, 1.82) is 0 Å². The number of aromatic hydroxyl groups is 1. The Bertz CT molecular complexity index is 1050. The second kappa shape index (κ2) is 10.9. The van der Waals surface area contributed by atoms with Crippen LogP contribution in [0.3, 0.4) is 0 Å². The van der Waals surface area contributed by atoms with Gasteiger partial charge >= 0.3 is 0 Å². The van der Waals surface area contributed by atoms with E-state index < -0.39 is 0 Å². The molecule has 0 aliphatic carbocycles. The number of rotatable bonds is 3. The van der Waals surface area contributed by atoms with Crippen LogP contribution in [0, 0.1) is 5.92 Å². The molecule has 2 amide bonds. The first kappa shape index (κ1) is 24.0. The van der Waals surface area contributed by atoms with Gasteiger partial charge in [0.2, 0.25) is 11.8 Å². The lowest BCUT2D eigenvalue weighted by Gasteiger charge is -2.25. The molecule has 3 aliphatic heterocycles. The lowest BCUT2D eigenvalue weighted by Crippen LogP contribution is -2.24. The predicted molar refractivity (Wildman–Crippen MR) is 133 cm³/mol. The number of hydrogen-bond donors (Lipinski definition) is 3. The molecule has 1 saturated heterocycles. The van der Waals surface area contributed by atoms with E-state index in [1.54, 1.807) is 6.07 Å². The molecule has 0 bridgehead atoms. The molecule has 3 N–H and O–H groups in total. The molecule has 3 aliphatic rings. The summed E-state index contributed by atoms with van der Waals surface area (Å²) in [4.78, 5) is 22.6. The molecular formula is C24H26Br2N2O5. The molecule has 0 spiro atoms. The second-order valence-electron chi connectivity index (χ2n) is 8.39. The molecule has 3 heterocycles. The Morgan fingerprint density at radius 1 is 0.939 bits per heavy atom. The van der Waals surface area contributed by atoms with Crippen molar-refractivity contribution in [3.8, 4) is 11.5 Å². The Morgan fingerprint density at radius 3 is 2.24 bits per heavy atom.